The minimum Gasteiger partial charge on any atom is -0.487 e. The predicted octanol–water partition coefficient (Wildman–Crippen LogP) is 3.94. The zero-order valence-corrected chi connectivity index (χ0v) is 22.5. The van der Waals surface area contributed by atoms with Crippen LogP contribution in [-0.2, 0) is 14.3 Å². The number of carbonyl (C=O) groups is 2. The fraction of sp³-hybridized carbons (Fsp3) is 0.679. The molecule has 0 spiro atoms. The maximum absolute atomic E-state index is 13.5. The van der Waals surface area contributed by atoms with Crippen LogP contribution < -0.4 is 15.8 Å². The summed E-state index contributed by atoms with van der Waals surface area (Å²) in [6, 6.07) is 7.54. The number of methoxy groups -OCH3 is 1. The second kappa shape index (κ2) is 10.0. The normalized spacial score (nSPS) is 27.8. The quantitative estimate of drug-likeness (QED) is 0.536. The SMILES string of the molecule is CCC1(CC)CC(=O)N(C(CC(C)OC)C2CC2C(=O)NC2CC(C)(C)Oc3ccccc32)C(N)=N1. The van der Waals surface area contributed by atoms with Gasteiger partial charge in [0.15, 0.2) is 5.96 Å². The number of carbonyl (C=O) groups excluding carboxylic acids is 2. The van der Waals surface area contributed by atoms with Gasteiger partial charge >= 0.3 is 0 Å². The minimum absolute atomic E-state index is 0.00864. The van der Waals surface area contributed by atoms with Crippen LogP contribution in [-0.4, -0.2) is 53.1 Å². The molecule has 1 fully saturated rings. The van der Waals surface area contributed by atoms with Crippen molar-refractivity contribution in [1.82, 2.24) is 10.2 Å². The van der Waals surface area contributed by atoms with E-state index in [4.69, 9.17) is 20.2 Å². The second-order valence-electron chi connectivity index (χ2n) is 11.4. The van der Waals surface area contributed by atoms with Crippen LogP contribution in [0.25, 0.3) is 0 Å². The number of nitrogens with zero attached hydrogens (tertiary/aromatic N) is 2. The number of nitrogens with one attached hydrogen (secondary N) is 1. The predicted molar refractivity (Wildman–Crippen MR) is 140 cm³/mol. The van der Waals surface area contributed by atoms with Crippen molar-refractivity contribution >= 4 is 17.8 Å². The van der Waals surface area contributed by atoms with Crippen molar-refractivity contribution in [3.8, 4) is 5.75 Å². The maximum Gasteiger partial charge on any atom is 0.231 e. The number of guanidine groups is 1. The Morgan fingerprint density at radius 1 is 1.31 bits per heavy atom. The molecule has 1 aromatic carbocycles. The van der Waals surface area contributed by atoms with Crippen LogP contribution in [0.3, 0.4) is 0 Å². The highest BCUT2D eigenvalue weighted by Crippen LogP contribution is 2.47. The Balaban J connectivity index is 1.53. The van der Waals surface area contributed by atoms with Gasteiger partial charge < -0.3 is 20.5 Å². The van der Waals surface area contributed by atoms with Gasteiger partial charge in [-0.1, -0.05) is 32.0 Å². The Morgan fingerprint density at radius 3 is 2.64 bits per heavy atom. The molecule has 8 heteroatoms. The van der Waals surface area contributed by atoms with Gasteiger partial charge in [-0.25, -0.2) is 4.99 Å². The first-order valence-electron chi connectivity index (χ1n) is 13.3. The van der Waals surface area contributed by atoms with Crippen molar-refractivity contribution in [2.24, 2.45) is 22.6 Å². The Morgan fingerprint density at radius 2 is 2.00 bits per heavy atom. The number of ether oxygens (including phenoxy) is 2. The van der Waals surface area contributed by atoms with E-state index < -0.39 is 5.54 Å². The number of para-hydroxylation sites is 1. The zero-order valence-electron chi connectivity index (χ0n) is 22.5. The Kier molecular flexibility index (Phi) is 7.37. The van der Waals surface area contributed by atoms with Crippen molar-refractivity contribution in [1.29, 1.82) is 0 Å². The fourth-order valence-electron chi connectivity index (χ4n) is 5.90. The van der Waals surface area contributed by atoms with E-state index in [0.717, 1.165) is 24.2 Å². The molecule has 0 aromatic heterocycles. The molecule has 8 nitrogen and oxygen atoms in total. The van der Waals surface area contributed by atoms with Gasteiger partial charge in [-0.3, -0.25) is 14.5 Å². The van der Waals surface area contributed by atoms with Crippen LogP contribution in [0.1, 0.15) is 84.7 Å². The van der Waals surface area contributed by atoms with Crippen molar-refractivity contribution < 1.29 is 19.1 Å². The Hall–Kier alpha value is -2.61. The van der Waals surface area contributed by atoms with E-state index in [0.29, 0.717) is 25.7 Å². The summed E-state index contributed by atoms with van der Waals surface area (Å²) in [5.41, 5.74) is 6.63. The summed E-state index contributed by atoms with van der Waals surface area (Å²) in [4.78, 5) is 33.3. The molecule has 0 saturated heterocycles. The average molecular weight is 499 g/mol. The summed E-state index contributed by atoms with van der Waals surface area (Å²) in [7, 11) is 1.66. The molecule has 2 amide bonds. The van der Waals surface area contributed by atoms with Gasteiger partial charge in [0, 0.05) is 31.1 Å². The lowest BCUT2D eigenvalue weighted by atomic mass is 9.87. The standard InChI is InChI=1S/C28H42N4O4/c1-7-28(8-2)16-24(33)32(26(29)31-28)22(13-17(3)35-6)19-14-20(19)25(34)30-21-15-27(4,5)36-23-12-10-9-11-18(21)23/h9-12,17,19-22H,7-8,13-16H2,1-6H3,(H2,29,31)(H,30,34). The highest BCUT2D eigenvalue weighted by molar-refractivity contribution is 5.99. The zero-order chi connectivity index (χ0) is 26.3. The van der Waals surface area contributed by atoms with E-state index in [1.54, 1.807) is 12.0 Å². The molecule has 2 heterocycles. The van der Waals surface area contributed by atoms with Gasteiger partial charge in [0.1, 0.15) is 11.4 Å². The molecule has 3 aliphatic rings. The summed E-state index contributed by atoms with van der Waals surface area (Å²) < 4.78 is 11.7. The molecular weight excluding hydrogens is 456 g/mol. The maximum atomic E-state index is 13.5. The first-order valence-corrected chi connectivity index (χ1v) is 13.3. The number of hydrogen-bond donors (Lipinski definition) is 2. The molecular formula is C28H42N4O4. The summed E-state index contributed by atoms with van der Waals surface area (Å²) in [5.74, 6) is 0.932. The molecule has 36 heavy (non-hydrogen) atoms. The first-order chi connectivity index (χ1) is 17.0. The molecule has 1 aromatic rings. The number of rotatable bonds is 9. The highest BCUT2D eigenvalue weighted by Gasteiger charge is 2.53. The molecule has 0 bridgehead atoms. The van der Waals surface area contributed by atoms with E-state index in [1.807, 2.05) is 58.9 Å². The van der Waals surface area contributed by atoms with E-state index in [2.05, 4.69) is 5.32 Å². The third-order valence-corrected chi connectivity index (χ3v) is 8.33. The van der Waals surface area contributed by atoms with Crippen LogP contribution in [0.15, 0.2) is 29.3 Å². The third kappa shape index (κ3) is 5.24. The molecule has 2 aliphatic heterocycles. The number of fused-ring (bicyclic) bond motifs is 1. The minimum atomic E-state index is -0.432. The number of amides is 2. The molecule has 1 saturated carbocycles. The van der Waals surface area contributed by atoms with Gasteiger partial charge in [0.2, 0.25) is 11.8 Å². The molecule has 3 N–H and O–H groups in total. The third-order valence-electron chi connectivity index (χ3n) is 8.33. The first kappa shape index (κ1) is 26.5. The molecule has 5 atom stereocenters. The monoisotopic (exact) mass is 498 g/mol. The van der Waals surface area contributed by atoms with E-state index in [-0.39, 0.29) is 53.4 Å². The lowest BCUT2D eigenvalue weighted by Crippen LogP contribution is -2.56. The van der Waals surface area contributed by atoms with Crippen molar-refractivity contribution in [2.45, 2.75) is 102 Å². The highest BCUT2D eigenvalue weighted by atomic mass is 16.5. The van der Waals surface area contributed by atoms with Gasteiger partial charge in [-0.05, 0) is 58.4 Å². The second-order valence-corrected chi connectivity index (χ2v) is 11.4. The van der Waals surface area contributed by atoms with Gasteiger partial charge in [-0.2, -0.15) is 0 Å². The number of nitrogens with two attached hydrogens (primary N) is 1. The summed E-state index contributed by atoms with van der Waals surface area (Å²) in [5, 5.41) is 3.29. The van der Waals surface area contributed by atoms with Crippen LogP contribution in [0.4, 0.5) is 0 Å². The topological polar surface area (TPSA) is 106 Å². The Bertz CT molecular complexity index is 1020. The van der Waals surface area contributed by atoms with Crippen molar-refractivity contribution in [3.63, 3.8) is 0 Å². The van der Waals surface area contributed by atoms with Crippen LogP contribution >= 0.6 is 0 Å². The molecule has 198 valence electrons. The Labute approximate surface area is 215 Å². The lowest BCUT2D eigenvalue weighted by molar-refractivity contribution is -0.133. The van der Waals surface area contributed by atoms with Crippen LogP contribution in [0.2, 0.25) is 0 Å². The van der Waals surface area contributed by atoms with Crippen molar-refractivity contribution in [3.05, 3.63) is 29.8 Å². The smallest absolute Gasteiger partial charge is 0.231 e. The summed E-state index contributed by atoms with van der Waals surface area (Å²) in [6.45, 7) is 10.2. The molecule has 4 rings (SSSR count). The van der Waals surface area contributed by atoms with Gasteiger partial charge in [0.25, 0.3) is 0 Å². The van der Waals surface area contributed by atoms with Crippen molar-refractivity contribution in [2.75, 3.05) is 7.11 Å². The molecule has 0 radical (unpaired) electrons. The van der Waals surface area contributed by atoms with Crippen LogP contribution in [0, 0.1) is 11.8 Å². The number of benzene rings is 1. The van der Waals surface area contributed by atoms with E-state index in [9.17, 15) is 9.59 Å². The largest absolute Gasteiger partial charge is 0.487 e. The summed E-state index contributed by atoms with van der Waals surface area (Å²) in [6.07, 6.45) is 3.80. The van der Waals surface area contributed by atoms with Crippen LogP contribution in [0.5, 0.6) is 5.75 Å². The summed E-state index contributed by atoms with van der Waals surface area (Å²) >= 11 is 0. The van der Waals surface area contributed by atoms with Gasteiger partial charge in [-0.15, -0.1) is 0 Å². The van der Waals surface area contributed by atoms with E-state index >= 15 is 0 Å². The average Bonchev–Trinajstić information content (AvgIpc) is 3.63. The number of aliphatic imine (C=N–C) groups is 1. The van der Waals surface area contributed by atoms with Gasteiger partial charge in [0.05, 0.1) is 24.1 Å². The number of hydrogen-bond acceptors (Lipinski definition) is 6. The fourth-order valence-corrected chi connectivity index (χ4v) is 5.90. The lowest BCUT2D eigenvalue weighted by Gasteiger charge is -2.41. The molecule has 1 aliphatic carbocycles. The molecule has 5 unspecified atom stereocenters. The van der Waals surface area contributed by atoms with E-state index in [1.165, 1.54) is 0 Å².